The normalized spacial score (nSPS) is 20.7. The average molecular weight is 281 g/mol. The van der Waals surface area contributed by atoms with Crippen molar-refractivity contribution in [3.63, 3.8) is 0 Å². The van der Waals surface area contributed by atoms with Gasteiger partial charge in [0.05, 0.1) is 12.5 Å². The minimum Gasteiger partial charge on any atom is -0.493 e. The lowest BCUT2D eigenvalue weighted by atomic mass is 9.96. The third-order valence-electron chi connectivity index (χ3n) is 4.14. The van der Waals surface area contributed by atoms with Gasteiger partial charge >= 0.3 is 0 Å². The van der Waals surface area contributed by atoms with Crippen LogP contribution in [0.4, 0.5) is 0 Å². The van der Waals surface area contributed by atoms with Crippen LogP contribution in [0.25, 0.3) is 0 Å². The summed E-state index contributed by atoms with van der Waals surface area (Å²) < 4.78 is 5.82. The zero-order valence-electron chi connectivity index (χ0n) is 12.0. The molecule has 0 saturated heterocycles. The van der Waals surface area contributed by atoms with E-state index in [2.05, 4.69) is 27.4 Å². The summed E-state index contributed by atoms with van der Waals surface area (Å²) in [5.74, 6) is 2.14. The lowest BCUT2D eigenvalue weighted by Crippen LogP contribution is -2.21. The van der Waals surface area contributed by atoms with Crippen LogP contribution in [0.5, 0.6) is 5.75 Å². The van der Waals surface area contributed by atoms with E-state index in [0.717, 1.165) is 30.1 Å². The van der Waals surface area contributed by atoms with Gasteiger partial charge in [0.15, 0.2) is 0 Å². The number of aromatic nitrogens is 2. The van der Waals surface area contributed by atoms with Crippen molar-refractivity contribution in [1.29, 1.82) is 0 Å². The quantitative estimate of drug-likeness (QED) is 0.935. The number of para-hydroxylation sites is 1. The largest absolute Gasteiger partial charge is 0.493 e. The minimum absolute atomic E-state index is 0.255. The van der Waals surface area contributed by atoms with Crippen LogP contribution >= 0.6 is 0 Å². The molecule has 1 saturated carbocycles. The molecule has 21 heavy (non-hydrogen) atoms. The van der Waals surface area contributed by atoms with Gasteiger partial charge in [-0.05, 0) is 30.9 Å². The van der Waals surface area contributed by atoms with Crippen LogP contribution in [0.3, 0.4) is 0 Å². The SMILES string of the molecule is c1ccc2c(c1)CC(c1ncc(CNC3CC3)cn1)CO2. The van der Waals surface area contributed by atoms with Gasteiger partial charge in [0, 0.05) is 30.5 Å². The van der Waals surface area contributed by atoms with E-state index in [1.165, 1.54) is 18.4 Å². The van der Waals surface area contributed by atoms with Gasteiger partial charge in [0.1, 0.15) is 11.6 Å². The molecular formula is C17H19N3O. The Labute approximate surface area is 124 Å². The van der Waals surface area contributed by atoms with E-state index in [9.17, 15) is 0 Å². The smallest absolute Gasteiger partial charge is 0.135 e. The Hall–Kier alpha value is -1.94. The first-order chi connectivity index (χ1) is 10.4. The average Bonchev–Trinajstić information content (AvgIpc) is 3.37. The van der Waals surface area contributed by atoms with E-state index >= 15 is 0 Å². The molecule has 1 aromatic heterocycles. The van der Waals surface area contributed by atoms with Crippen molar-refractivity contribution < 1.29 is 4.74 Å². The highest BCUT2D eigenvalue weighted by Gasteiger charge is 2.23. The maximum Gasteiger partial charge on any atom is 0.135 e. The number of fused-ring (bicyclic) bond motifs is 1. The third kappa shape index (κ3) is 2.90. The standard InChI is InChI=1S/C17H19N3O/c1-2-4-16-13(3-1)7-14(11-21-16)17-19-9-12(10-20-17)8-18-15-5-6-15/h1-4,9-10,14-15,18H,5-8,11H2. The molecule has 0 amide bonds. The Kier molecular flexibility index (Phi) is 3.31. The molecule has 2 aliphatic rings. The van der Waals surface area contributed by atoms with Crippen molar-refractivity contribution >= 4 is 0 Å². The number of rotatable bonds is 4. The lowest BCUT2D eigenvalue weighted by molar-refractivity contribution is 0.257. The first kappa shape index (κ1) is 12.8. The van der Waals surface area contributed by atoms with Crippen LogP contribution in [0.15, 0.2) is 36.7 Å². The molecule has 0 bridgehead atoms. The first-order valence-electron chi connectivity index (χ1n) is 7.63. The summed E-state index contributed by atoms with van der Waals surface area (Å²) in [6.07, 6.45) is 7.45. The van der Waals surface area contributed by atoms with Crippen LogP contribution < -0.4 is 10.1 Å². The Bertz CT molecular complexity index is 622. The van der Waals surface area contributed by atoms with Crippen molar-refractivity contribution in [2.45, 2.75) is 37.8 Å². The van der Waals surface area contributed by atoms with Crippen LogP contribution in [0.2, 0.25) is 0 Å². The van der Waals surface area contributed by atoms with Crippen LogP contribution in [-0.4, -0.2) is 22.6 Å². The van der Waals surface area contributed by atoms with E-state index in [0.29, 0.717) is 12.6 Å². The zero-order chi connectivity index (χ0) is 14.1. The van der Waals surface area contributed by atoms with E-state index in [1.54, 1.807) is 0 Å². The molecule has 1 aliphatic carbocycles. The number of hydrogen-bond donors (Lipinski definition) is 1. The van der Waals surface area contributed by atoms with Crippen LogP contribution in [0, 0.1) is 0 Å². The van der Waals surface area contributed by atoms with Crippen LogP contribution in [-0.2, 0) is 13.0 Å². The van der Waals surface area contributed by atoms with Gasteiger partial charge in [-0.25, -0.2) is 9.97 Å². The van der Waals surface area contributed by atoms with Crippen molar-refractivity contribution in [2.24, 2.45) is 0 Å². The fraction of sp³-hybridized carbons (Fsp3) is 0.412. The number of nitrogens with zero attached hydrogens (tertiary/aromatic N) is 2. The Morgan fingerprint density at radius 1 is 1.14 bits per heavy atom. The lowest BCUT2D eigenvalue weighted by Gasteiger charge is -2.24. The van der Waals surface area contributed by atoms with Crippen LogP contribution in [0.1, 0.15) is 35.7 Å². The number of hydrogen-bond acceptors (Lipinski definition) is 4. The second-order valence-electron chi connectivity index (χ2n) is 5.92. The molecule has 1 aromatic carbocycles. The first-order valence-corrected chi connectivity index (χ1v) is 7.63. The molecule has 1 atom stereocenters. The molecule has 4 nitrogen and oxygen atoms in total. The topological polar surface area (TPSA) is 47.0 Å². The molecule has 4 heteroatoms. The van der Waals surface area contributed by atoms with Gasteiger partial charge in [-0.3, -0.25) is 0 Å². The molecule has 0 spiro atoms. The molecule has 1 aliphatic heterocycles. The maximum atomic E-state index is 5.82. The van der Waals surface area contributed by atoms with Crippen molar-refractivity contribution in [3.05, 3.63) is 53.6 Å². The highest BCUT2D eigenvalue weighted by atomic mass is 16.5. The molecule has 0 radical (unpaired) electrons. The zero-order valence-corrected chi connectivity index (χ0v) is 12.0. The summed E-state index contributed by atoms with van der Waals surface area (Å²) in [5.41, 5.74) is 2.40. The summed E-state index contributed by atoms with van der Waals surface area (Å²) in [5, 5.41) is 3.48. The maximum absolute atomic E-state index is 5.82. The van der Waals surface area contributed by atoms with E-state index in [4.69, 9.17) is 4.74 Å². The van der Waals surface area contributed by atoms with Gasteiger partial charge < -0.3 is 10.1 Å². The molecule has 1 fully saturated rings. The minimum atomic E-state index is 0.255. The number of nitrogens with one attached hydrogen (secondary N) is 1. The predicted octanol–water partition coefficient (Wildman–Crippen LogP) is 2.45. The molecule has 108 valence electrons. The Morgan fingerprint density at radius 2 is 1.95 bits per heavy atom. The second-order valence-corrected chi connectivity index (χ2v) is 5.92. The highest BCUT2D eigenvalue weighted by molar-refractivity contribution is 5.36. The molecule has 2 aromatic rings. The summed E-state index contributed by atoms with van der Waals surface area (Å²) in [6, 6.07) is 8.93. The molecule has 2 heterocycles. The predicted molar refractivity (Wildman–Crippen MR) is 80.3 cm³/mol. The molecular weight excluding hydrogens is 262 g/mol. The van der Waals surface area contributed by atoms with Gasteiger partial charge in [-0.2, -0.15) is 0 Å². The molecule has 1 N–H and O–H groups in total. The number of ether oxygens (including phenoxy) is 1. The summed E-state index contributed by atoms with van der Waals surface area (Å²) in [6.45, 7) is 1.53. The van der Waals surface area contributed by atoms with E-state index in [1.807, 2.05) is 24.5 Å². The highest BCUT2D eigenvalue weighted by Crippen LogP contribution is 2.30. The van der Waals surface area contributed by atoms with Gasteiger partial charge in [0.2, 0.25) is 0 Å². The molecule has 4 rings (SSSR count). The fourth-order valence-electron chi connectivity index (χ4n) is 2.71. The number of benzene rings is 1. The summed E-state index contributed by atoms with van der Waals surface area (Å²) in [7, 11) is 0. The second kappa shape index (κ2) is 5.45. The fourth-order valence-corrected chi connectivity index (χ4v) is 2.71. The summed E-state index contributed by atoms with van der Waals surface area (Å²) >= 11 is 0. The van der Waals surface area contributed by atoms with Crippen molar-refractivity contribution in [1.82, 2.24) is 15.3 Å². The van der Waals surface area contributed by atoms with Crippen molar-refractivity contribution in [2.75, 3.05) is 6.61 Å². The monoisotopic (exact) mass is 281 g/mol. The van der Waals surface area contributed by atoms with Gasteiger partial charge in [0.25, 0.3) is 0 Å². The molecule has 1 unspecified atom stereocenters. The Morgan fingerprint density at radius 3 is 2.76 bits per heavy atom. The van der Waals surface area contributed by atoms with Gasteiger partial charge in [-0.15, -0.1) is 0 Å². The van der Waals surface area contributed by atoms with Crippen molar-refractivity contribution in [3.8, 4) is 5.75 Å². The third-order valence-corrected chi connectivity index (χ3v) is 4.14. The Balaban J connectivity index is 1.44. The van der Waals surface area contributed by atoms with E-state index in [-0.39, 0.29) is 5.92 Å². The van der Waals surface area contributed by atoms with E-state index < -0.39 is 0 Å². The van der Waals surface area contributed by atoms with Gasteiger partial charge in [-0.1, -0.05) is 18.2 Å². The summed E-state index contributed by atoms with van der Waals surface area (Å²) in [4.78, 5) is 9.09.